The molecule has 0 atom stereocenters. The van der Waals surface area contributed by atoms with Gasteiger partial charge in [0.25, 0.3) is 0 Å². The highest BCUT2D eigenvalue weighted by Crippen LogP contribution is 2.17. The molecule has 3 nitrogen and oxygen atoms in total. The van der Waals surface area contributed by atoms with Crippen LogP contribution in [0.2, 0.25) is 0 Å². The van der Waals surface area contributed by atoms with Crippen molar-refractivity contribution < 1.29 is 4.79 Å². The third kappa shape index (κ3) is 6.72. The fraction of sp³-hybridized carbons (Fsp3) is 0.571. The van der Waals surface area contributed by atoms with Gasteiger partial charge >= 0.3 is 0 Å². The minimum absolute atomic E-state index is 0.672. The first-order chi connectivity index (χ1) is 8.17. The number of unbranched alkanes of at least 4 members (excludes halogenated alkanes) is 3. The Balaban J connectivity index is 4.40. The lowest BCUT2D eigenvalue weighted by Crippen LogP contribution is -2.14. The molecular formula is C14H24N2O. The van der Waals surface area contributed by atoms with E-state index >= 15 is 0 Å². The van der Waals surface area contributed by atoms with Gasteiger partial charge in [-0.1, -0.05) is 38.3 Å². The van der Waals surface area contributed by atoms with Gasteiger partial charge in [-0.05, 0) is 25.3 Å². The van der Waals surface area contributed by atoms with Crippen LogP contribution >= 0.6 is 0 Å². The monoisotopic (exact) mass is 236 g/mol. The molecule has 96 valence electrons. The molecule has 0 aromatic heterocycles. The summed E-state index contributed by atoms with van der Waals surface area (Å²) in [6, 6.07) is 0. The summed E-state index contributed by atoms with van der Waals surface area (Å²) in [4.78, 5) is 14.4. The average molecular weight is 236 g/mol. The maximum Gasteiger partial charge on any atom is 0.211 e. The van der Waals surface area contributed by atoms with E-state index in [2.05, 4.69) is 23.8 Å². The van der Waals surface area contributed by atoms with Crippen molar-refractivity contribution in [2.45, 2.75) is 46.0 Å². The van der Waals surface area contributed by atoms with Crippen LogP contribution in [0.4, 0.5) is 0 Å². The highest BCUT2D eigenvalue weighted by Gasteiger charge is 2.03. The molecule has 0 radical (unpaired) electrons. The molecule has 0 aromatic carbocycles. The topological polar surface area (TPSA) is 41.5 Å². The molecule has 0 fully saturated rings. The van der Waals surface area contributed by atoms with Crippen molar-refractivity contribution in [1.82, 2.24) is 5.32 Å². The molecule has 0 unspecified atom stereocenters. The molecule has 1 N–H and O–H groups in total. The zero-order valence-electron chi connectivity index (χ0n) is 11.3. The second-order valence-corrected chi connectivity index (χ2v) is 4.10. The first-order valence-electron chi connectivity index (χ1n) is 6.18. The van der Waals surface area contributed by atoms with Crippen molar-refractivity contribution in [2.75, 3.05) is 7.05 Å². The van der Waals surface area contributed by atoms with Gasteiger partial charge in [0.15, 0.2) is 0 Å². The number of nitrogens with zero attached hydrogens (tertiary/aromatic N) is 1. The number of carbonyl (C=O) groups excluding carboxylic acids is 1. The zero-order valence-corrected chi connectivity index (χ0v) is 11.3. The molecule has 0 saturated heterocycles. The van der Waals surface area contributed by atoms with Crippen LogP contribution < -0.4 is 5.32 Å². The van der Waals surface area contributed by atoms with E-state index in [4.69, 9.17) is 0 Å². The van der Waals surface area contributed by atoms with Crippen LogP contribution in [-0.2, 0) is 4.79 Å². The van der Waals surface area contributed by atoms with E-state index < -0.39 is 0 Å². The number of aliphatic imine (C=N–C) groups is 1. The Morgan fingerprint density at radius 2 is 2.06 bits per heavy atom. The fourth-order valence-corrected chi connectivity index (χ4v) is 1.58. The number of hydrogen-bond acceptors (Lipinski definition) is 2. The van der Waals surface area contributed by atoms with Crippen molar-refractivity contribution >= 4 is 12.6 Å². The van der Waals surface area contributed by atoms with E-state index in [1.54, 1.807) is 13.3 Å². The van der Waals surface area contributed by atoms with E-state index in [-0.39, 0.29) is 0 Å². The molecule has 3 heteroatoms. The van der Waals surface area contributed by atoms with Crippen LogP contribution in [-0.4, -0.2) is 19.7 Å². The van der Waals surface area contributed by atoms with Gasteiger partial charge in [-0.15, -0.1) is 0 Å². The smallest absolute Gasteiger partial charge is 0.211 e. The molecule has 0 spiro atoms. The maximum atomic E-state index is 10.5. The van der Waals surface area contributed by atoms with E-state index in [1.807, 2.05) is 6.92 Å². The largest absolute Gasteiger partial charge is 0.327 e. The fourth-order valence-electron chi connectivity index (χ4n) is 1.58. The number of amides is 1. The van der Waals surface area contributed by atoms with Crippen LogP contribution in [0.1, 0.15) is 46.0 Å². The molecule has 0 saturated carbocycles. The minimum atomic E-state index is 0.672. The number of carbonyl (C=O) groups is 1. The van der Waals surface area contributed by atoms with E-state index in [0.717, 1.165) is 29.7 Å². The summed E-state index contributed by atoms with van der Waals surface area (Å²) < 4.78 is 0. The van der Waals surface area contributed by atoms with Crippen LogP contribution in [0.3, 0.4) is 0 Å². The summed E-state index contributed by atoms with van der Waals surface area (Å²) in [7, 11) is 1.68. The van der Waals surface area contributed by atoms with Crippen molar-refractivity contribution in [3.63, 3.8) is 0 Å². The molecule has 17 heavy (non-hydrogen) atoms. The summed E-state index contributed by atoms with van der Waals surface area (Å²) in [5.74, 6) is 0. The molecule has 0 rings (SSSR count). The Kier molecular flexibility index (Phi) is 9.02. The molecule has 1 amide bonds. The lowest BCUT2D eigenvalue weighted by molar-refractivity contribution is -0.108. The van der Waals surface area contributed by atoms with Crippen LogP contribution in [0.5, 0.6) is 0 Å². The summed E-state index contributed by atoms with van der Waals surface area (Å²) in [6.45, 7) is 8.23. The van der Waals surface area contributed by atoms with Crippen LogP contribution in [0.15, 0.2) is 28.4 Å². The van der Waals surface area contributed by atoms with Gasteiger partial charge in [0.1, 0.15) is 0 Å². The molecule has 0 aromatic rings. The van der Waals surface area contributed by atoms with Crippen LogP contribution in [0, 0.1) is 0 Å². The van der Waals surface area contributed by atoms with Gasteiger partial charge in [-0.25, -0.2) is 0 Å². The predicted molar refractivity (Wildman–Crippen MR) is 74.2 cm³/mol. The average Bonchev–Trinajstić information content (AvgIpc) is 2.33. The Morgan fingerprint density at radius 1 is 1.35 bits per heavy atom. The molecule has 0 heterocycles. The molecule has 0 bridgehead atoms. The summed E-state index contributed by atoms with van der Waals surface area (Å²) in [6.07, 6.45) is 8.20. The molecule has 0 aliphatic heterocycles. The number of allylic oxidation sites excluding steroid dienone is 3. The van der Waals surface area contributed by atoms with Gasteiger partial charge in [0.05, 0.1) is 5.70 Å². The van der Waals surface area contributed by atoms with Gasteiger partial charge in [0, 0.05) is 13.3 Å². The van der Waals surface area contributed by atoms with Gasteiger partial charge in [-0.3, -0.25) is 9.79 Å². The maximum absolute atomic E-state index is 10.5. The predicted octanol–water partition coefficient (Wildman–Crippen LogP) is 3.23. The zero-order chi connectivity index (χ0) is 13.1. The van der Waals surface area contributed by atoms with Gasteiger partial charge in [0.2, 0.25) is 6.41 Å². The van der Waals surface area contributed by atoms with Crippen molar-refractivity contribution in [3.05, 3.63) is 23.4 Å². The lowest BCUT2D eigenvalue weighted by Gasteiger charge is -2.10. The molecule has 0 aliphatic rings. The van der Waals surface area contributed by atoms with Crippen molar-refractivity contribution in [2.24, 2.45) is 4.99 Å². The highest BCUT2D eigenvalue weighted by atomic mass is 16.1. The number of nitrogens with one attached hydrogen (secondary N) is 1. The van der Waals surface area contributed by atoms with Gasteiger partial charge in [-0.2, -0.15) is 0 Å². The highest BCUT2D eigenvalue weighted by molar-refractivity contribution is 5.83. The number of hydrogen-bond donors (Lipinski definition) is 1. The lowest BCUT2D eigenvalue weighted by atomic mass is 10.0. The Hall–Kier alpha value is -1.38. The van der Waals surface area contributed by atoms with E-state index in [1.165, 1.54) is 19.3 Å². The quantitative estimate of drug-likeness (QED) is 0.284. The SMILES string of the molecule is C=C(CCCCCC)/C(C)=C(\C=NC)NC=O. The first-order valence-corrected chi connectivity index (χ1v) is 6.18. The normalized spacial score (nSPS) is 12.4. The molecule has 0 aliphatic carbocycles. The van der Waals surface area contributed by atoms with Crippen LogP contribution in [0.25, 0.3) is 0 Å². The first kappa shape index (κ1) is 15.6. The second kappa shape index (κ2) is 9.82. The second-order valence-electron chi connectivity index (χ2n) is 4.10. The number of rotatable bonds is 9. The minimum Gasteiger partial charge on any atom is -0.327 e. The van der Waals surface area contributed by atoms with Crippen molar-refractivity contribution in [1.29, 1.82) is 0 Å². The van der Waals surface area contributed by atoms with Gasteiger partial charge < -0.3 is 5.32 Å². The van der Waals surface area contributed by atoms with Crippen molar-refractivity contribution in [3.8, 4) is 0 Å². The van der Waals surface area contributed by atoms with E-state index in [9.17, 15) is 4.79 Å². The standard InChI is InChI=1S/C14H24N2O/c1-5-6-7-8-9-12(2)13(3)14(10-15-4)16-11-17/h10-11H,2,5-9H2,1,3-4H3,(H,16,17)/b14-13+,15-10?. The summed E-state index contributed by atoms with van der Waals surface area (Å²) in [5, 5.41) is 2.65. The van der Waals surface area contributed by atoms with E-state index in [0.29, 0.717) is 6.41 Å². The summed E-state index contributed by atoms with van der Waals surface area (Å²) in [5.41, 5.74) is 2.83. The Morgan fingerprint density at radius 3 is 2.59 bits per heavy atom. The molecular weight excluding hydrogens is 212 g/mol. The third-order valence-corrected chi connectivity index (χ3v) is 2.74. The Bertz CT molecular complexity index is 303. The summed E-state index contributed by atoms with van der Waals surface area (Å²) >= 11 is 0. The third-order valence-electron chi connectivity index (χ3n) is 2.74. The Labute approximate surface area is 105 Å².